The number of benzene rings is 1. The number of hydrogen-bond donors (Lipinski definition) is 1. The summed E-state index contributed by atoms with van der Waals surface area (Å²) in [6, 6.07) is 6.33. The molecule has 94 valence electrons. The van der Waals surface area contributed by atoms with Gasteiger partial charge in [-0.2, -0.15) is 0 Å². The van der Waals surface area contributed by atoms with E-state index in [2.05, 4.69) is 36.6 Å². The first-order chi connectivity index (χ1) is 8.68. The topological polar surface area (TPSA) is 43.8 Å². The van der Waals surface area contributed by atoms with Gasteiger partial charge in [0.1, 0.15) is 17.3 Å². The number of fused-ring (bicyclic) bond motifs is 1. The average Bonchev–Trinajstić information content (AvgIpc) is 2.68. The van der Waals surface area contributed by atoms with Gasteiger partial charge in [0.15, 0.2) is 0 Å². The van der Waals surface area contributed by atoms with Crippen molar-refractivity contribution in [2.24, 2.45) is 0 Å². The normalized spacial score (nSPS) is 14.6. The molecule has 0 spiro atoms. The molecule has 0 fully saturated rings. The highest BCUT2D eigenvalue weighted by molar-refractivity contribution is 5.76. The molecular weight excluding hydrogens is 222 g/mol. The summed E-state index contributed by atoms with van der Waals surface area (Å²) in [5.41, 5.74) is 11.0. The van der Waals surface area contributed by atoms with Gasteiger partial charge >= 0.3 is 0 Å². The molecule has 0 saturated carbocycles. The summed E-state index contributed by atoms with van der Waals surface area (Å²) in [4.78, 5) is 4.78. The summed E-state index contributed by atoms with van der Waals surface area (Å²) in [7, 11) is 0. The number of hydrogen-bond acceptors (Lipinski definition) is 2. The molecule has 0 amide bonds. The van der Waals surface area contributed by atoms with Gasteiger partial charge in [-0.05, 0) is 37.8 Å². The summed E-state index contributed by atoms with van der Waals surface area (Å²) in [6.07, 6.45) is 3.48. The van der Waals surface area contributed by atoms with Crippen LogP contribution in [0.15, 0.2) is 18.2 Å². The van der Waals surface area contributed by atoms with Gasteiger partial charge in [0.05, 0.1) is 0 Å². The second kappa shape index (κ2) is 4.16. The lowest BCUT2D eigenvalue weighted by atomic mass is 10.0. The lowest BCUT2D eigenvalue weighted by Crippen LogP contribution is -2.12. The van der Waals surface area contributed by atoms with E-state index in [1.165, 1.54) is 29.5 Å². The number of nitrogens with zero attached hydrogens (tertiary/aromatic N) is 2. The second-order valence-electron chi connectivity index (χ2n) is 5.14. The Labute approximate surface area is 108 Å². The number of aryl methyl sites for hydroxylation is 3. The number of anilines is 1. The number of aromatic nitrogens is 2. The van der Waals surface area contributed by atoms with Gasteiger partial charge in [0, 0.05) is 18.5 Å². The van der Waals surface area contributed by atoms with Crippen molar-refractivity contribution >= 4 is 5.82 Å². The van der Waals surface area contributed by atoms with Crippen LogP contribution in [0.1, 0.15) is 29.8 Å². The Morgan fingerprint density at radius 1 is 1.17 bits per heavy atom. The highest BCUT2D eigenvalue weighted by Crippen LogP contribution is 2.33. The van der Waals surface area contributed by atoms with Crippen LogP contribution < -0.4 is 5.73 Å². The molecule has 18 heavy (non-hydrogen) atoms. The third kappa shape index (κ3) is 1.62. The number of nitrogen functional groups attached to an aromatic ring is 1. The number of imidazole rings is 1. The molecule has 2 N–H and O–H groups in total. The zero-order valence-corrected chi connectivity index (χ0v) is 11.0. The molecular formula is C15H19N3. The van der Waals surface area contributed by atoms with Gasteiger partial charge in [-0.1, -0.05) is 18.2 Å². The summed E-state index contributed by atoms with van der Waals surface area (Å²) >= 11 is 0. The molecule has 1 aromatic carbocycles. The van der Waals surface area contributed by atoms with Crippen LogP contribution in [0.25, 0.3) is 11.3 Å². The lowest BCUT2D eigenvalue weighted by molar-refractivity contribution is 0.527. The number of nitrogens with two attached hydrogens (primary N) is 1. The Morgan fingerprint density at radius 3 is 2.56 bits per heavy atom. The first-order valence-corrected chi connectivity index (χ1v) is 6.60. The lowest BCUT2D eigenvalue weighted by Gasteiger charge is -2.14. The Hall–Kier alpha value is -1.77. The van der Waals surface area contributed by atoms with Crippen LogP contribution in [0.5, 0.6) is 0 Å². The fourth-order valence-electron chi connectivity index (χ4n) is 2.88. The Kier molecular flexibility index (Phi) is 2.62. The molecule has 0 atom stereocenters. The van der Waals surface area contributed by atoms with Crippen LogP contribution in [-0.2, 0) is 13.0 Å². The van der Waals surface area contributed by atoms with E-state index < -0.39 is 0 Å². The van der Waals surface area contributed by atoms with Crippen LogP contribution in [0.3, 0.4) is 0 Å². The summed E-state index contributed by atoms with van der Waals surface area (Å²) < 4.78 is 2.19. The van der Waals surface area contributed by atoms with E-state index in [1.54, 1.807) is 0 Å². The first kappa shape index (κ1) is 11.3. The van der Waals surface area contributed by atoms with Crippen molar-refractivity contribution in [3.63, 3.8) is 0 Å². The van der Waals surface area contributed by atoms with E-state index in [9.17, 15) is 0 Å². The third-order valence-corrected chi connectivity index (χ3v) is 3.84. The minimum Gasteiger partial charge on any atom is -0.383 e. The van der Waals surface area contributed by atoms with E-state index in [0.717, 1.165) is 30.3 Å². The maximum atomic E-state index is 6.29. The van der Waals surface area contributed by atoms with E-state index in [0.29, 0.717) is 0 Å². The molecule has 3 rings (SSSR count). The van der Waals surface area contributed by atoms with Crippen LogP contribution >= 0.6 is 0 Å². The Bertz CT molecular complexity index is 576. The van der Waals surface area contributed by atoms with Gasteiger partial charge in [-0.15, -0.1) is 0 Å². The molecule has 0 radical (unpaired) electrons. The third-order valence-electron chi connectivity index (χ3n) is 3.84. The van der Waals surface area contributed by atoms with Crippen molar-refractivity contribution < 1.29 is 0 Å². The monoisotopic (exact) mass is 241 g/mol. The predicted molar refractivity (Wildman–Crippen MR) is 74.5 cm³/mol. The smallest absolute Gasteiger partial charge is 0.131 e. The van der Waals surface area contributed by atoms with Crippen molar-refractivity contribution in [3.05, 3.63) is 35.2 Å². The average molecular weight is 241 g/mol. The van der Waals surface area contributed by atoms with Gasteiger partial charge in [0.2, 0.25) is 0 Å². The largest absolute Gasteiger partial charge is 0.383 e. The fraction of sp³-hybridized carbons (Fsp3) is 0.400. The summed E-state index contributed by atoms with van der Waals surface area (Å²) in [5, 5.41) is 0. The standard InChI is InChI=1S/C15H19N3/c1-10-6-5-7-11(2)13(10)14-15(16)18-9-4-3-8-12(18)17-14/h5-7H,3-4,8-9,16H2,1-2H3. The fourth-order valence-corrected chi connectivity index (χ4v) is 2.88. The van der Waals surface area contributed by atoms with Crippen molar-refractivity contribution in [2.75, 3.05) is 5.73 Å². The Morgan fingerprint density at radius 2 is 1.89 bits per heavy atom. The highest BCUT2D eigenvalue weighted by atomic mass is 15.1. The minimum absolute atomic E-state index is 0.835. The molecule has 3 nitrogen and oxygen atoms in total. The summed E-state index contributed by atoms with van der Waals surface area (Å²) in [5.74, 6) is 1.98. The predicted octanol–water partition coefficient (Wildman–Crippen LogP) is 3.09. The Balaban J connectivity index is 2.21. The highest BCUT2D eigenvalue weighted by Gasteiger charge is 2.20. The van der Waals surface area contributed by atoms with Crippen molar-refractivity contribution in [1.29, 1.82) is 0 Å². The van der Waals surface area contributed by atoms with Crippen molar-refractivity contribution in [1.82, 2.24) is 9.55 Å². The van der Waals surface area contributed by atoms with Crippen molar-refractivity contribution in [3.8, 4) is 11.3 Å². The van der Waals surface area contributed by atoms with Crippen LogP contribution in [0.2, 0.25) is 0 Å². The maximum Gasteiger partial charge on any atom is 0.131 e. The summed E-state index contributed by atoms with van der Waals surface area (Å²) in [6.45, 7) is 5.26. The molecule has 1 aliphatic heterocycles. The maximum absolute atomic E-state index is 6.29. The molecule has 0 bridgehead atoms. The second-order valence-corrected chi connectivity index (χ2v) is 5.14. The van der Waals surface area contributed by atoms with E-state index >= 15 is 0 Å². The van der Waals surface area contributed by atoms with Gasteiger partial charge in [0.25, 0.3) is 0 Å². The van der Waals surface area contributed by atoms with Crippen molar-refractivity contribution in [2.45, 2.75) is 39.7 Å². The molecule has 1 aromatic heterocycles. The zero-order valence-electron chi connectivity index (χ0n) is 11.0. The number of rotatable bonds is 1. The van der Waals surface area contributed by atoms with E-state index in [-0.39, 0.29) is 0 Å². The van der Waals surface area contributed by atoms with E-state index in [1.807, 2.05) is 0 Å². The van der Waals surface area contributed by atoms with Gasteiger partial charge < -0.3 is 10.3 Å². The SMILES string of the molecule is Cc1cccc(C)c1-c1nc2n(c1N)CCCC2. The van der Waals surface area contributed by atoms with E-state index in [4.69, 9.17) is 10.7 Å². The van der Waals surface area contributed by atoms with Gasteiger partial charge in [-0.25, -0.2) is 4.98 Å². The molecule has 0 unspecified atom stereocenters. The molecule has 2 heterocycles. The zero-order chi connectivity index (χ0) is 12.7. The first-order valence-electron chi connectivity index (χ1n) is 6.60. The van der Waals surface area contributed by atoms with Crippen LogP contribution in [0, 0.1) is 13.8 Å². The molecule has 1 aliphatic rings. The minimum atomic E-state index is 0.835. The molecule has 0 aliphatic carbocycles. The molecule has 3 heteroatoms. The van der Waals surface area contributed by atoms with Gasteiger partial charge in [-0.3, -0.25) is 0 Å². The van der Waals surface area contributed by atoms with Crippen LogP contribution in [0.4, 0.5) is 5.82 Å². The van der Waals surface area contributed by atoms with Crippen LogP contribution in [-0.4, -0.2) is 9.55 Å². The molecule has 2 aromatic rings. The molecule has 0 saturated heterocycles. The quantitative estimate of drug-likeness (QED) is 0.833.